The summed E-state index contributed by atoms with van der Waals surface area (Å²) in [6.45, 7) is 4.35. The molecule has 1 atom stereocenters. The maximum atomic E-state index is 10.6. The number of hydrogen-bond donors (Lipinski definition) is 2. The summed E-state index contributed by atoms with van der Waals surface area (Å²) in [5, 5.41) is 8.69. The SMILES string of the molecule is CC(C)Cc1ccc(C[C@H](N)C(=O)O)cc1. The summed E-state index contributed by atoms with van der Waals surface area (Å²) in [5.74, 6) is -0.321. The molecule has 0 fully saturated rings. The fourth-order valence-corrected chi connectivity index (χ4v) is 1.62. The first-order chi connectivity index (χ1) is 7.49. The summed E-state index contributed by atoms with van der Waals surface area (Å²) < 4.78 is 0. The summed E-state index contributed by atoms with van der Waals surface area (Å²) >= 11 is 0. The monoisotopic (exact) mass is 221 g/mol. The first kappa shape index (κ1) is 12.7. The lowest BCUT2D eigenvalue weighted by Crippen LogP contribution is -2.32. The van der Waals surface area contributed by atoms with Crippen molar-refractivity contribution in [2.45, 2.75) is 32.7 Å². The Morgan fingerprint density at radius 1 is 1.19 bits per heavy atom. The Morgan fingerprint density at radius 2 is 1.62 bits per heavy atom. The highest BCUT2D eigenvalue weighted by Crippen LogP contribution is 2.10. The van der Waals surface area contributed by atoms with Crippen LogP contribution in [0.2, 0.25) is 0 Å². The van der Waals surface area contributed by atoms with Crippen molar-refractivity contribution >= 4 is 5.97 Å². The Bertz CT molecular complexity index is 343. The van der Waals surface area contributed by atoms with Gasteiger partial charge in [-0.25, -0.2) is 0 Å². The van der Waals surface area contributed by atoms with Crippen LogP contribution in [0.1, 0.15) is 25.0 Å². The standard InChI is InChI=1S/C13H19NO2/c1-9(2)7-10-3-5-11(6-4-10)8-12(14)13(15)16/h3-6,9,12H,7-8,14H2,1-2H3,(H,15,16)/t12-/m0/s1. The molecule has 0 radical (unpaired) electrons. The van der Waals surface area contributed by atoms with E-state index in [0.29, 0.717) is 12.3 Å². The van der Waals surface area contributed by atoms with E-state index in [1.165, 1.54) is 5.56 Å². The fraction of sp³-hybridized carbons (Fsp3) is 0.462. The molecule has 0 amide bonds. The van der Waals surface area contributed by atoms with Crippen LogP contribution >= 0.6 is 0 Å². The number of carboxylic acid groups (broad SMARTS) is 1. The third-order valence-corrected chi connectivity index (χ3v) is 2.44. The molecule has 0 saturated heterocycles. The van der Waals surface area contributed by atoms with Crippen molar-refractivity contribution in [2.75, 3.05) is 0 Å². The number of carboxylic acids is 1. The van der Waals surface area contributed by atoms with Gasteiger partial charge >= 0.3 is 5.97 Å². The summed E-state index contributed by atoms with van der Waals surface area (Å²) in [4.78, 5) is 10.6. The molecular formula is C13H19NO2. The fourth-order valence-electron chi connectivity index (χ4n) is 1.62. The second-order valence-corrected chi connectivity index (χ2v) is 4.56. The van der Waals surface area contributed by atoms with Crippen molar-refractivity contribution < 1.29 is 9.90 Å². The lowest BCUT2D eigenvalue weighted by atomic mass is 10.00. The molecule has 0 heterocycles. The number of benzene rings is 1. The zero-order chi connectivity index (χ0) is 12.1. The third kappa shape index (κ3) is 4.03. The molecule has 3 nitrogen and oxygen atoms in total. The van der Waals surface area contributed by atoms with E-state index >= 15 is 0 Å². The Labute approximate surface area is 96.3 Å². The summed E-state index contributed by atoms with van der Waals surface area (Å²) in [6.07, 6.45) is 1.43. The average molecular weight is 221 g/mol. The molecule has 88 valence electrons. The van der Waals surface area contributed by atoms with Gasteiger partial charge in [0.25, 0.3) is 0 Å². The highest BCUT2D eigenvalue weighted by Gasteiger charge is 2.11. The molecule has 0 aliphatic heterocycles. The van der Waals surface area contributed by atoms with Crippen molar-refractivity contribution in [1.29, 1.82) is 0 Å². The zero-order valence-corrected chi connectivity index (χ0v) is 9.81. The second kappa shape index (κ2) is 5.66. The van der Waals surface area contributed by atoms with Crippen LogP contribution in [0.4, 0.5) is 0 Å². The summed E-state index contributed by atoms with van der Waals surface area (Å²) in [5.41, 5.74) is 7.72. The maximum absolute atomic E-state index is 10.6. The van der Waals surface area contributed by atoms with E-state index in [9.17, 15) is 4.79 Å². The van der Waals surface area contributed by atoms with E-state index in [4.69, 9.17) is 10.8 Å². The Kier molecular flexibility index (Phi) is 4.50. The molecule has 16 heavy (non-hydrogen) atoms. The van der Waals surface area contributed by atoms with Gasteiger partial charge in [0.05, 0.1) is 0 Å². The van der Waals surface area contributed by atoms with E-state index in [1.807, 2.05) is 24.3 Å². The van der Waals surface area contributed by atoms with Crippen molar-refractivity contribution in [2.24, 2.45) is 11.7 Å². The lowest BCUT2D eigenvalue weighted by molar-refractivity contribution is -0.138. The molecule has 0 saturated carbocycles. The largest absolute Gasteiger partial charge is 0.480 e. The van der Waals surface area contributed by atoms with Gasteiger partial charge in [-0.3, -0.25) is 4.79 Å². The Hall–Kier alpha value is -1.35. The zero-order valence-electron chi connectivity index (χ0n) is 9.81. The topological polar surface area (TPSA) is 63.3 Å². The molecule has 0 aliphatic carbocycles. The molecule has 1 aromatic carbocycles. The maximum Gasteiger partial charge on any atom is 0.320 e. The molecule has 1 rings (SSSR count). The van der Waals surface area contributed by atoms with E-state index in [2.05, 4.69) is 13.8 Å². The van der Waals surface area contributed by atoms with Gasteiger partial charge in [-0.1, -0.05) is 38.1 Å². The van der Waals surface area contributed by atoms with Crippen LogP contribution in [0.3, 0.4) is 0 Å². The molecule has 0 bridgehead atoms. The van der Waals surface area contributed by atoms with Gasteiger partial charge in [-0.2, -0.15) is 0 Å². The molecule has 0 spiro atoms. The molecule has 0 aromatic heterocycles. The minimum Gasteiger partial charge on any atom is -0.480 e. The minimum absolute atomic E-state index is 0.386. The highest BCUT2D eigenvalue weighted by molar-refractivity contribution is 5.73. The van der Waals surface area contributed by atoms with Crippen molar-refractivity contribution in [3.8, 4) is 0 Å². The predicted octanol–water partition coefficient (Wildman–Crippen LogP) is 1.84. The van der Waals surface area contributed by atoms with Gasteiger partial charge in [0.1, 0.15) is 6.04 Å². The van der Waals surface area contributed by atoms with Crippen molar-refractivity contribution in [3.05, 3.63) is 35.4 Å². The second-order valence-electron chi connectivity index (χ2n) is 4.56. The van der Waals surface area contributed by atoms with Crippen LogP contribution in [0.25, 0.3) is 0 Å². The summed E-state index contributed by atoms with van der Waals surface area (Å²) in [6, 6.07) is 7.20. The van der Waals surface area contributed by atoms with Gasteiger partial charge in [0.15, 0.2) is 0 Å². The smallest absolute Gasteiger partial charge is 0.320 e. The van der Waals surface area contributed by atoms with Crippen LogP contribution in [0.15, 0.2) is 24.3 Å². The van der Waals surface area contributed by atoms with Gasteiger partial charge in [0, 0.05) is 0 Å². The van der Waals surface area contributed by atoms with E-state index < -0.39 is 12.0 Å². The molecule has 0 unspecified atom stereocenters. The molecular weight excluding hydrogens is 202 g/mol. The quantitative estimate of drug-likeness (QED) is 0.797. The Morgan fingerprint density at radius 3 is 2.00 bits per heavy atom. The van der Waals surface area contributed by atoms with Crippen LogP contribution < -0.4 is 5.73 Å². The average Bonchev–Trinajstić information content (AvgIpc) is 2.20. The number of nitrogens with two attached hydrogens (primary N) is 1. The molecule has 3 heteroatoms. The summed E-state index contributed by atoms with van der Waals surface area (Å²) in [7, 11) is 0. The van der Waals surface area contributed by atoms with Gasteiger partial charge < -0.3 is 10.8 Å². The number of rotatable bonds is 5. The normalized spacial score (nSPS) is 12.8. The van der Waals surface area contributed by atoms with Crippen LogP contribution in [0, 0.1) is 5.92 Å². The van der Waals surface area contributed by atoms with Crippen LogP contribution in [0.5, 0.6) is 0 Å². The van der Waals surface area contributed by atoms with E-state index in [-0.39, 0.29) is 0 Å². The number of hydrogen-bond acceptors (Lipinski definition) is 2. The van der Waals surface area contributed by atoms with Crippen molar-refractivity contribution in [3.63, 3.8) is 0 Å². The van der Waals surface area contributed by atoms with E-state index in [1.54, 1.807) is 0 Å². The molecule has 0 aliphatic rings. The number of carbonyl (C=O) groups is 1. The lowest BCUT2D eigenvalue weighted by Gasteiger charge is -2.08. The molecule has 3 N–H and O–H groups in total. The minimum atomic E-state index is -0.953. The van der Waals surface area contributed by atoms with Gasteiger partial charge in [0.2, 0.25) is 0 Å². The van der Waals surface area contributed by atoms with Gasteiger partial charge in [-0.05, 0) is 29.9 Å². The number of aliphatic carboxylic acids is 1. The first-order valence-electron chi connectivity index (χ1n) is 5.55. The Balaban J connectivity index is 2.61. The molecule has 1 aromatic rings. The van der Waals surface area contributed by atoms with Crippen molar-refractivity contribution in [1.82, 2.24) is 0 Å². The highest BCUT2D eigenvalue weighted by atomic mass is 16.4. The van der Waals surface area contributed by atoms with Gasteiger partial charge in [-0.15, -0.1) is 0 Å². The van der Waals surface area contributed by atoms with E-state index in [0.717, 1.165) is 12.0 Å². The first-order valence-corrected chi connectivity index (χ1v) is 5.55. The predicted molar refractivity (Wildman–Crippen MR) is 64.3 cm³/mol. The van der Waals surface area contributed by atoms with Crippen LogP contribution in [-0.2, 0) is 17.6 Å². The van der Waals surface area contributed by atoms with Crippen LogP contribution in [-0.4, -0.2) is 17.1 Å². The third-order valence-electron chi connectivity index (χ3n) is 2.44.